The molecule has 0 aromatic rings. The second kappa shape index (κ2) is 5.19. The Morgan fingerprint density at radius 2 is 1.79 bits per heavy atom. The third-order valence-corrected chi connectivity index (χ3v) is 4.18. The van der Waals surface area contributed by atoms with Crippen molar-refractivity contribution in [2.45, 2.75) is 60.3 Å². The lowest BCUT2D eigenvalue weighted by Gasteiger charge is -2.24. The molecule has 0 spiro atoms. The topological polar surface area (TPSA) is 0 Å². The highest BCUT2D eigenvalue weighted by atomic mass is 14.4. The maximum absolute atomic E-state index is 2.47. The van der Waals surface area contributed by atoms with Crippen LogP contribution < -0.4 is 0 Å². The maximum atomic E-state index is 2.47. The average Bonchev–Trinajstić information content (AvgIpc) is 2.81. The van der Waals surface area contributed by atoms with Crippen LogP contribution in [0.5, 0.6) is 0 Å². The Kier molecular flexibility index (Phi) is 4.47. The summed E-state index contributed by atoms with van der Waals surface area (Å²) >= 11 is 0. The van der Waals surface area contributed by atoms with Gasteiger partial charge in [0.05, 0.1) is 0 Å². The summed E-state index contributed by atoms with van der Waals surface area (Å²) in [6.45, 7) is 12.0. The zero-order chi connectivity index (χ0) is 10.7. The minimum Gasteiger partial charge on any atom is -0.0654 e. The van der Waals surface area contributed by atoms with Crippen molar-refractivity contribution in [2.75, 3.05) is 0 Å². The Morgan fingerprint density at radius 3 is 2.14 bits per heavy atom. The molecule has 84 valence electrons. The molecule has 1 aliphatic rings. The van der Waals surface area contributed by atoms with Crippen molar-refractivity contribution in [3.05, 3.63) is 0 Å². The molecule has 4 unspecified atom stereocenters. The molecule has 0 saturated heterocycles. The molecule has 4 atom stereocenters. The predicted octanol–water partition coefficient (Wildman–Crippen LogP) is 4.74. The van der Waals surface area contributed by atoms with E-state index in [9.17, 15) is 0 Å². The van der Waals surface area contributed by atoms with Gasteiger partial charge in [0.1, 0.15) is 0 Å². The van der Waals surface area contributed by atoms with Crippen LogP contribution in [0.3, 0.4) is 0 Å². The Hall–Kier alpha value is 0. The van der Waals surface area contributed by atoms with Crippen molar-refractivity contribution in [1.82, 2.24) is 0 Å². The van der Waals surface area contributed by atoms with E-state index in [1.54, 1.807) is 0 Å². The smallest absolute Gasteiger partial charge is 0.0360 e. The van der Waals surface area contributed by atoms with E-state index in [1.807, 2.05) is 0 Å². The second-order valence-corrected chi connectivity index (χ2v) is 5.88. The Bertz CT molecular complexity index is 159. The van der Waals surface area contributed by atoms with Gasteiger partial charge in [-0.15, -0.1) is 0 Å². The van der Waals surface area contributed by atoms with Crippen molar-refractivity contribution in [1.29, 1.82) is 0 Å². The van der Waals surface area contributed by atoms with Crippen LogP contribution in [0.2, 0.25) is 0 Å². The van der Waals surface area contributed by atoms with E-state index in [1.165, 1.54) is 25.7 Å². The fourth-order valence-electron chi connectivity index (χ4n) is 2.89. The summed E-state index contributed by atoms with van der Waals surface area (Å²) in [7, 11) is 0. The van der Waals surface area contributed by atoms with Crippen LogP contribution in [0.25, 0.3) is 0 Å². The summed E-state index contributed by atoms with van der Waals surface area (Å²) in [6, 6.07) is 0. The summed E-state index contributed by atoms with van der Waals surface area (Å²) in [5.41, 5.74) is 0. The number of hydrogen-bond donors (Lipinski definition) is 0. The fourth-order valence-corrected chi connectivity index (χ4v) is 2.89. The van der Waals surface area contributed by atoms with Crippen molar-refractivity contribution in [3.63, 3.8) is 0 Å². The van der Waals surface area contributed by atoms with E-state index in [-0.39, 0.29) is 0 Å². The van der Waals surface area contributed by atoms with Crippen molar-refractivity contribution >= 4 is 0 Å². The highest BCUT2D eigenvalue weighted by Crippen LogP contribution is 2.46. The van der Waals surface area contributed by atoms with Crippen LogP contribution in [-0.2, 0) is 0 Å². The highest BCUT2D eigenvalue weighted by molar-refractivity contribution is 4.87. The van der Waals surface area contributed by atoms with Gasteiger partial charge in [-0.05, 0) is 42.4 Å². The fraction of sp³-hybridized carbons (Fsp3) is 1.00. The molecule has 0 amide bonds. The molecule has 0 N–H and O–H groups in total. The summed E-state index contributed by atoms with van der Waals surface area (Å²) in [6.07, 6.45) is 5.76. The lowest BCUT2D eigenvalue weighted by atomic mass is 9.82. The van der Waals surface area contributed by atoms with Gasteiger partial charge in [0.15, 0.2) is 0 Å². The minimum absolute atomic E-state index is 0.881. The Labute approximate surface area is 90.5 Å². The van der Waals surface area contributed by atoms with Crippen molar-refractivity contribution in [2.24, 2.45) is 29.6 Å². The van der Waals surface area contributed by atoms with Gasteiger partial charge in [-0.3, -0.25) is 0 Å². The van der Waals surface area contributed by atoms with E-state index < -0.39 is 0 Å². The largest absolute Gasteiger partial charge is 0.0654 e. The average molecular weight is 196 g/mol. The molecule has 0 nitrogen and oxygen atoms in total. The third-order valence-electron chi connectivity index (χ3n) is 4.18. The van der Waals surface area contributed by atoms with E-state index >= 15 is 0 Å². The second-order valence-electron chi connectivity index (χ2n) is 5.88. The van der Waals surface area contributed by atoms with E-state index in [2.05, 4.69) is 34.6 Å². The summed E-state index contributed by atoms with van der Waals surface area (Å²) in [4.78, 5) is 0. The Balaban J connectivity index is 2.31. The normalized spacial score (nSPS) is 30.4. The lowest BCUT2D eigenvalue weighted by Crippen LogP contribution is -2.14. The lowest BCUT2D eigenvalue weighted by molar-refractivity contribution is 0.268. The molecule has 0 aromatic carbocycles. The molecule has 1 aliphatic carbocycles. The van der Waals surface area contributed by atoms with Gasteiger partial charge < -0.3 is 0 Å². The highest BCUT2D eigenvalue weighted by Gasteiger charge is 2.37. The van der Waals surface area contributed by atoms with Crippen LogP contribution in [0, 0.1) is 29.6 Å². The SMILES string of the molecule is CCCC(CC(C)C1CC1C)C(C)C. The minimum atomic E-state index is 0.881. The van der Waals surface area contributed by atoms with Crippen LogP contribution in [0.4, 0.5) is 0 Å². The van der Waals surface area contributed by atoms with Crippen LogP contribution in [0.15, 0.2) is 0 Å². The molecule has 0 radical (unpaired) electrons. The zero-order valence-corrected chi connectivity index (χ0v) is 10.7. The molecule has 0 aromatic heterocycles. The molecule has 0 aliphatic heterocycles. The molecular formula is C14H28. The first-order valence-corrected chi connectivity index (χ1v) is 6.56. The van der Waals surface area contributed by atoms with Crippen LogP contribution >= 0.6 is 0 Å². The van der Waals surface area contributed by atoms with E-state index in [4.69, 9.17) is 0 Å². The molecule has 14 heavy (non-hydrogen) atoms. The molecule has 0 bridgehead atoms. The van der Waals surface area contributed by atoms with E-state index in [0.29, 0.717) is 0 Å². The van der Waals surface area contributed by atoms with Crippen LogP contribution in [-0.4, -0.2) is 0 Å². The molecule has 1 fully saturated rings. The monoisotopic (exact) mass is 196 g/mol. The number of hydrogen-bond acceptors (Lipinski definition) is 0. The van der Waals surface area contributed by atoms with Crippen molar-refractivity contribution < 1.29 is 0 Å². The molecule has 1 saturated carbocycles. The predicted molar refractivity (Wildman–Crippen MR) is 64.3 cm³/mol. The molecule has 1 rings (SSSR count). The summed E-state index contributed by atoms with van der Waals surface area (Å²) in [5, 5.41) is 0. The van der Waals surface area contributed by atoms with Gasteiger partial charge >= 0.3 is 0 Å². The zero-order valence-electron chi connectivity index (χ0n) is 10.7. The standard InChI is InChI=1S/C14H28/c1-6-7-13(10(2)3)8-11(4)14-9-12(14)5/h10-14H,6-9H2,1-5H3. The quantitative estimate of drug-likeness (QED) is 0.575. The first-order valence-electron chi connectivity index (χ1n) is 6.56. The number of rotatable bonds is 6. The first-order chi connectivity index (χ1) is 6.56. The maximum Gasteiger partial charge on any atom is -0.0360 e. The van der Waals surface area contributed by atoms with Gasteiger partial charge in [0.2, 0.25) is 0 Å². The molecule has 0 heterocycles. The van der Waals surface area contributed by atoms with Crippen LogP contribution in [0.1, 0.15) is 60.3 Å². The van der Waals surface area contributed by atoms with Gasteiger partial charge in [-0.2, -0.15) is 0 Å². The van der Waals surface area contributed by atoms with Gasteiger partial charge in [-0.1, -0.05) is 47.5 Å². The van der Waals surface area contributed by atoms with Gasteiger partial charge in [0.25, 0.3) is 0 Å². The summed E-state index contributed by atoms with van der Waals surface area (Å²) < 4.78 is 0. The van der Waals surface area contributed by atoms with Crippen molar-refractivity contribution in [3.8, 4) is 0 Å². The third kappa shape index (κ3) is 3.29. The Morgan fingerprint density at radius 1 is 1.21 bits per heavy atom. The first kappa shape index (κ1) is 12.1. The summed E-state index contributed by atoms with van der Waals surface area (Å²) in [5.74, 6) is 4.92. The van der Waals surface area contributed by atoms with E-state index in [0.717, 1.165) is 29.6 Å². The van der Waals surface area contributed by atoms with Gasteiger partial charge in [-0.25, -0.2) is 0 Å². The van der Waals surface area contributed by atoms with Gasteiger partial charge in [0, 0.05) is 0 Å². The molecule has 0 heteroatoms. The molecular weight excluding hydrogens is 168 g/mol.